The van der Waals surface area contributed by atoms with Crippen molar-refractivity contribution >= 4 is 0 Å². The Bertz CT molecular complexity index is 646. The van der Waals surface area contributed by atoms with Crippen molar-refractivity contribution in [2.45, 2.75) is 33.3 Å². The fraction of sp³-hybridized carbons (Fsp3) is 0.312. The van der Waals surface area contributed by atoms with Crippen LogP contribution >= 0.6 is 0 Å². The largest absolute Gasteiger partial charge is 0.489 e. The molecule has 1 heterocycles. The van der Waals surface area contributed by atoms with Crippen LogP contribution in [0.1, 0.15) is 31.7 Å². The van der Waals surface area contributed by atoms with Gasteiger partial charge in [-0.15, -0.1) is 0 Å². The SMILES string of the molecule is CCC(C)Oc1ccc(-c2ccnc(C)n2)cc1C#N. The van der Waals surface area contributed by atoms with Crippen molar-refractivity contribution in [3.8, 4) is 23.1 Å². The number of aryl methyl sites for hydroxylation is 1. The molecule has 0 amide bonds. The molecule has 0 aliphatic carbocycles. The monoisotopic (exact) mass is 267 g/mol. The average molecular weight is 267 g/mol. The van der Waals surface area contributed by atoms with Gasteiger partial charge in [-0.1, -0.05) is 6.92 Å². The number of aromatic nitrogens is 2. The van der Waals surface area contributed by atoms with Crippen molar-refractivity contribution in [3.05, 3.63) is 41.9 Å². The fourth-order valence-corrected chi connectivity index (χ4v) is 1.80. The van der Waals surface area contributed by atoms with E-state index in [1.807, 2.05) is 32.0 Å². The predicted octanol–water partition coefficient (Wildman–Crippen LogP) is 3.50. The van der Waals surface area contributed by atoms with Gasteiger partial charge in [-0.05, 0) is 44.5 Å². The van der Waals surface area contributed by atoms with Crippen LogP contribution in [0.15, 0.2) is 30.5 Å². The van der Waals surface area contributed by atoms with Gasteiger partial charge in [-0.3, -0.25) is 0 Å². The molecule has 102 valence electrons. The lowest BCUT2D eigenvalue weighted by Crippen LogP contribution is -2.10. The second kappa shape index (κ2) is 6.16. The molecule has 2 rings (SSSR count). The Morgan fingerprint density at radius 2 is 2.15 bits per heavy atom. The highest BCUT2D eigenvalue weighted by atomic mass is 16.5. The Kier molecular flexibility index (Phi) is 4.31. The van der Waals surface area contributed by atoms with Gasteiger partial charge in [0.25, 0.3) is 0 Å². The van der Waals surface area contributed by atoms with E-state index in [2.05, 4.69) is 23.0 Å². The molecule has 4 nitrogen and oxygen atoms in total. The first-order chi connectivity index (χ1) is 9.63. The highest BCUT2D eigenvalue weighted by Crippen LogP contribution is 2.26. The highest BCUT2D eigenvalue weighted by molar-refractivity contribution is 5.63. The molecule has 0 bridgehead atoms. The Balaban J connectivity index is 2.37. The second-order valence-electron chi connectivity index (χ2n) is 4.65. The summed E-state index contributed by atoms with van der Waals surface area (Å²) in [5.41, 5.74) is 2.23. The van der Waals surface area contributed by atoms with Crippen LogP contribution in [0.2, 0.25) is 0 Å². The summed E-state index contributed by atoms with van der Waals surface area (Å²) >= 11 is 0. The van der Waals surface area contributed by atoms with Crippen molar-refractivity contribution in [1.29, 1.82) is 5.26 Å². The minimum Gasteiger partial charge on any atom is -0.489 e. The molecule has 0 spiro atoms. The molecule has 1 aromatic carbocycles. The van der Waals surface area contributed by atoms with E-state index in [1.54, 1.807) is 12.3 Å². The van der Waals surface area contributed by atoms with Gasteiger partial charge < -0.3 is 4.74 Å². The molecule has 20 heavy (non-hydrogen) atoms. The summed E-state index contributed by atoms with van der Waals surface area (Å²) in [6, 6.07) is 9.57. The molecular weight excluding hydrogens is 250 g/mol. The molecule has 0 aliphatic heterocycles. The maximum absolute atomic E-state index is 9.27. The van der Waals surface area contributed by atoms with Crippen LogP contribution in [-0.2, 0) is 0 Å². The summed E-state index contributed by atoms with van der Waals surface area (Å²) in [6.45, 7) is 5.88. The summed E-state index contributed by atoms with van der Waals surface area (Å²) in [6.07, 6.45) is 2.71. The Morgan fingerprint density at radius 3 is 2.80 bits per heavy atom. The lowest BCUT2D eigenvalue weighted by atomic mass is 10.1. The van der Waals surface area contributed by atoms with E-state index in [-0.39, 0.29) is 6.10 Å². The van der Waals surface area contributed by atoms with E-state index in [9.17, 15) is 5.26 Å². The highest BCUT2D eigenvalue weighted by Gasteiger charge is 2.09. The van der Waals surface area contributed by atoms with Gasteiger partial charge in [0.05, 0.1) is 17.4 Å². The first-order valence-corrected chi connectivity index (χ1v) is 6.65. The minimum absolute atomic E-state index is 0.0919. The van der Waals surface area contributed by atoms with Crippen molar-refractivity contribution in [1.82, 2.24) is 9.97 Å². The molecule has 0 saturated carbocycles. The Morgan fingerprint density at radius 1 is 1.35 bits per heavy atom. The molecule has 4 heteroatoms. The summed E-state index contributed by atoms with van der Waals surface area (Å²) in [5, 5.41) is 9.27. The molecule has 0 fully saturated rings. The van der Waals surface area contributed by atoms with Crippen LogP contribution < -0.4 is 4.74 Å². The Hall–Kier alpha value is -2.41. The summed E-state index contributed by atoms with van der Waals surface area (Å²) < 4.78 is 5.74. The van der Waals surface area contributed by atoms with Gasteiger partial charge in [0.15, 0.2) is 0 Å². The third-order valence-corrected chi connectivity index (χ3v) is 3.07. The zero-order chi connectivity index (χ0) is 14.5. The van der Waals surface area contributed by atoms with Gasteiger partial charge in [0.2, 0.25) is 0 Å². The maximum atomic E-state index is 9.27. The average Bonchev–Trinajstić information content (AvgIpc) is 2.47. The molecule has 2 aromatic rings. The van der Waals surface area contributed by atoms with Gasteiger partial charge >= 0.3 is 0 Å². The maximum Gasteiger partial charge on any atom is 0.137 e. The van der Waals surface area contributed by atoms with Crippen LogP contribution in [0.25, 0.3) is 11.3 Å². The number of nitrogens with zero attached hydrogens (tertiary/aromatic N) is 3. The fourth-order valence-electron chi connectivity index (χ4n) is 1.80. The lowest BCUT2D eigenvalue weighted by Gasteiger charge is -2.14. The van der Waals surface area contributed by atoms with Crippen LogP contribution in [0.3, 0.4) is 0 Å². The van der Waals surface area contributed by atoms with E-state index in [0.717, 1.165) is 17.7 Å². The van der Waals surface area contributed by atoms with E-state index in [4.69, 9.17) is 4.74 Å². The number of rotatable bonds is 4. The van der Waals surface area contributed by atoms with Gasteiger partial charge in [0.1, 0.15) is 17.6 Å². The summed E-state index contributed by atoms with van der Waals surface area (Å²) in [7, 11) is 0. The van der Waals surface area contributed by atoms with E-state index < -0.39 is 0 Å². The van der Waals surface area contributed by atoms with Crippen LogP contribution in [0, 0.1) is 18.3 Å². The quantitative estimate of drug-likeness (QED) is 0.850. The van der Waals surface area contributed by atoms with Crippen molar-refractivity contribution in [3.63, 3.8) is 0 Å². The van der Waals surface area contributed by atoms with Crippen molar-refractivity contribution in [2.75, 3.05) is 0 Å². The van der Waals surface area contributed by atoms with E-state index in [1.165, 1.54) is 0 Å². The van der Waals surface area contributed by atoms with Crippen LogP contribution in [0.5, 0.6) is 5.75 Å². The zero-order valence-corrected chi connectivity index (χ0v) is 11.9. The van der Waals surface area contributed by atoms with E-state index in [0.29, 0.717) is 17.1 Å². The summed E-state index contributed by atoms with van der Waals surface area (Å²) in [5.74, 6) is 1.33. The third-order valence-electron chi connectivity index (χ3n) is 3.07. The normalized spacial score (nSPS) is 11.7. The molecule has 0 aliphatic rings. The molecule has 1 unspecified atom stereocenters. The molecule has 1 atom stereocenters. The van der Waals surface area contributed by atoms with Gasteiger partial charge in [-0.2, -0.15) is 5.26 Å². The smallest absolute Gasteiger partial charge is 0.137 e. The first-order valence-electron chi connectivity index (χ1n) is 6.65. The minimum atomic E-state index is 0.0919. The number of nitriles is 1. The van der Waals surface area contributed by atoms with Crippen molar-refractivity contribution < 1.29 is 4.74 Å². The van der Waals surface area contributed by atoms with Gasteiger partial charge in [-0.25, -0.2) is 9.97 Å². The van der Waals surface area contributed by atoms with Crippen LogP contribution in [0.4, 0.5) is 0 Å². The topological polar surface area (TPSA) is 58.8 Å². The second-order valence-corrected chi connectivity index (χ2v) is 4.65. The third kappa shape index (κ3) is 3.12. The lowest BCUT2D eigenvalue weighted by molar-refractivity contribution is 0.217. The summed E-state index contributed by atoms with van der Waals surface area (Å²) in [4.78, 5) is 8.44. The van der Waals surface area contributed by atoms with Crippen LogP contribution in [-0.4, -0.2) is 16.1 Å². The number of hydrogen-bond donors (Lipinski definition) is 0. The zero-order valence-electron chi connectivity index (χ0n) is 11.9. The molecule has 0 radical (unpaired) electrons. The number of hydrogen-bond acceptors (Lipinski definition) is 4. The predicted molar refractivity (Wildman–Crippen MR) is 77.3 cm³/mol. The van der Waals surface area contributed by atoms with Gasteiger partial charge in [0, 0.05) is 11.8 Å². The first kappa shape index (κ1) is 14.0. The Labute approximate surface area is 119 Å². The number of ether oxygens (including phenoxy) is 1. The standard InChI is InChI=1S/C16H17N3O/c1-4-11(2)20-16-6-5-13(9-14(16)10-17)15-7-8-18-12(3)19-15/h5-9,11H,4H2,1-3H3. The molecular formula is C16H17N3O. The molecule has 0 saturated heterocycles. The molecule has 0 N–H and O–H groups in total. The van der Waals surface area contributed by atoms with E-state index >= 15 is 0 Å². The molecule has 1 aromatic heterocycles. The number of benzene rings is 1. The van der Waals surface area contributed by atoms with Crippen molar-refractivity contribution in [2.24, 2.45) is 0 Å².